The Morgan fingerprint density at radius 2 is 1.29 bits per heavy atom. The van der Waals surface area contributed by atoms with E-state index in [9.17, 15) is 0 Å². The second-order valence-electron chi connectivity index (χ2n) is 0.283. The van der Waals surface area contributed by atoms with Crippen molar-refractivity contribution in [2.45, 2.75) is 0 Å². The summed E-state index contributed by atoms with van der Waals surface area (Å²) in [7, 11) is 0. The minimum absolute atomic E-state index is 0. The average molecular weight is 120 g/mol. The molecular weight excluding hydrogens is 115 g/mol. The monoisotopic (exact) mass is 120 g/mol. The van der Waals surface area contributed by atoms with Crippen molar-refractivity contribution < 1.29 is 56.5 Å². The van der Waals surface area contributed by atoms with E-state index in [2.05, 4.69) is 0 Å². The summed E-state index contributed by atoms with van der Waals surface area (Å²) in [6.07, 6.45) is -1.83. The van der Waals surface area contributed by atoms with E-state index in [1.165, 1.54) is 0 Å². The molecule has 0 aromatic rings. The van der Waals surface area contributed by atoms with Crippen LogP contribution in [0, 0.1) is 0 Å². The Hall–Kier alpha value is 0.190. The van der Waals surface area contributed by atoms with E-state index >= 15 is 0 Å². The zero-order valence-electron chi connectivity index (χ0n) is 4.70. The summed E-state index contributed by atoms with van der Waals surface area (Å²) >= 11 is 0. The number of hydrogen-bond acceptors (Lipinski definition) is 3. The zero-order valence-corrected chi connectivity index (χ0v) is 5.70. The molecule has 0 spiro atoms. The van der Waals surface area contributed by atoms with Gasteiger partial charge in [0.15, 0.2) is 0 Å². The Bertz CT molecular complexity index is 35.4. The quantitative estimate of drug-likeness (QED) is 0.159. The van der Waals surface area contributed by atoms with Crippen LogP contribution in [0.25, 0.3) is 0 Å². The molecule has 0 fully saturated rings. The maximum absolute atomic E-state index is 8.56. The molecule has 0 radical (unpaired) electrons. The largest absolute Gasteiger partial charge is 1.00 e. The molecule has 40 valence electrons. The van der Waals surface area contributed by atoms with Gasteiger partial charge in [0.2, 0.25) is 0 Å². The molecule has 0 unspecified atom stereocenters. The average Bonchev–Trinajstić information content (AvgIpc) is 1.41. The van der Waals surface area contributed by atoms with Gasteiger partial charge >= 0.3 is 35.7 Å². The van der Waals surface area contributed by atoms with Gasteiger partial charge in [0.25, 0.3) is 0 Å². The standard InChI is InChI=1S/CH2O3.Na.H2O2.H/c2-1(3)4;;1-2;/h(H2,2,3,4);;1-2H;/q;+1;;-1. The van der Waals surface area contributed by atoms with E-state index < -0.39 is 6.16 Å². The molecular formula is CH5NaO5. The van der Waals surface area contributed by atoms with Crippen LogP contribution in [0.1, 0.15) is 1.43 Å². The normalized spacial score (nSPS) is 4.29. The summed E-state index contributed by atoms with van der Waals surface area (Å²) in [5.74, 6) is 0. The van der Waals surface area contributed by atoms with Crippen LogP contribution >= 0.6 is 0 Å². The van der Waals surface area contributed by atoms with Gasteiger partial charge in [0.1, 0.15) is 0 Å². The third kappa shape index (κ3) is 3010. The molecule has 0 aromatic carbocycles. The molecule has 0 heterocycles. The van der Waals surface area contributed by atoms with E-state index in [-0.39, 0.29) is 31.0 Å². The smallest absolute Gasteiger partial charge is 1.00 e. The predicted molar refractivity (Wildman–Crippen MR) is 17.0 cm³/mol. The van der Waals surface area contributed by atoms with Gasteiger partial charge in [-0.1, -0.05) is 0 Å². The maximum Gasteiger partial charge on any atom is 1.00 e. The van der Waals surface area contributed by atoms with Crippen molar-refractivity contribution in [3.05, 3.63) is 0 Å². The second-order valence-corrected chi connectivity index (χ2v) is 0.283. The second kappa shape index (κ2) is 16.4. The first-order valence-electron chi connectivity index (χ1n) is 0.851. The Morgan fingerprint density at radius 3 is 1.29 bits per heavy atom. The fourth-order valence-electron chi connectivity index (χ4n) is 0. The van der Waals surface area contributed by atoms with E-state index in [1.54, 1.807) is 0 Å². The Kier molecular flexibility index (Phi) is 36.7. The maximum atomic E-state index is 8.56. The van der Waals surface area contributed by atoms with E-state index in [0.717, 1.165) is 0 Å². The molecule has 7 heavy (non-hydrogen) atoms. The molecule has 0 amide bonds. The Morgan fingerprint density at radius 1 is 1.29 bits per heavy atom. The minimum Gasteiger partial charge on any atom is -1.00 e. The van der Waals surface area contributed by atoms with Gasteiger partial charge in [0, 0.05) is 0 Å². The minimum atomic E-state index is -1.83. The molecule has 0 bridgehead atoms. The van der Waals surface area contributed by atoms with E-state index in [0.29, 0.717) is 0 Å². The number of rotatable bonds is 0. The van der Waals surface area contributed by atoms with Crippen molar-refractivity contribution in [1.82, 2.24) is 0 Å². The molecule has 0 aliphatic rings. The first-order valence-corrected chi connectivity index (χ1v) is 0.851. The van der Waals surface area contributed by atoms with Gasteiger partial charge in [-0.2, -0.15) is 0 Å². The molecule has 0 aliphatic carbocycles. The van der Waals surface area contributed by atoms with Gasteiger partial charge in [0.05, 0.1) is 0 Å². The molecule has 0 saturated heterocycles. The fraction of sp³-hybridized carbons (Fsp3) is 0. The molecule has 0 saturated carbocycles. The van der Waals surface area contributed by atoms with Gasteiger partial charge in [-0.05, 0) is 0 Å². The van der Waals surface area contributed by atoms with Gasteiger partial charge < -0.3 is 11.6 Å². The fourth-order valence-corrected chi connectivity index (χ4v) is 0. The summed E-state index contributed by atoms with van der Waals surface area (Å²) in [6, 6.07) is 0. The van der Waals surface area contributed by atoms with Crippen molar-refractivity contribution in [2.75, 3.05) is 0 Å². The van der Waals surface area contributed by atoms with Crippen molar-refractivity contribution in [2.24, 2.45) is 0 Å². The van der Waals surface area contributed by atoms with E-state index in [4.69, 9.17) is 25.5 Å². The van der Waals surface area contributed by atoms with Crippen LogP contribution in [0.4, 0.5) is 4.79 Å². The van der Waals surface area contributed by atoms with Gasteiger partial charge in [-0.3, -0.25) is 10.5 Å². The van der Waals surface area contributed by atoms with Crippen LogP contribution in [0.15, 0.2) is 0 Å². The summed E-state index contributed by atoms with van der Waals surface area (Å²) < 4.78 is 0. The summed E-state index contributed by atoms with van der Waals surface area (Å²) in [4.78, 5) is 8.56. The molecule has 4 N–H and O–H groups in total. The van der Waals surface area contributed by atoms with Crippen molar-refractivity contribution in [3.8, 4) is 0 Å². The molecule has 5 nitrogen and oxygen atoms in total. The van der Waals surface area contributed by atoms with Crippen molar-refractivity contribution >= 4 is 6.16 Å². The molecule has 0 aliphatic heterocycles. The van der Waals surface area contributed by atoms with Crippen molar-refractivity contribution in [3.63, 3.8) is 0 Å². The first-order chi connectivity index (χ1) is 2.73. The van der Waals surface area contributed by atoms with Crippen LogP contribution in [0.5, 0.6) is 0 Å². The van der Waals surface area contributed by atoms with Crippen LogP contribution in [-0.2, 0) is 0 Å². The first kappa shape index (κ1) is 15.7. The van der Waals surface area contributed by atoms with Gasteiger partial charge in [-0.25, -0.2) is 4.79 Å². The third-order valence-corrected chi connectivity index (χ3v) is 0. The molecule has 0 aromatic heterocycles. The zero-order chi connectivity index (χ0) is 5.58. The molecule has 0 atom stereocenters. The van der Waals surface area contributed by atoms with Crippen LogP contribution in [0.2, 0.25) is 0 Å². The Labute approximate surface area is 62.9 Å². The van der Waals surface area contributed by atoms with Crippen LogP contribution < -0.4 is 29.6 Å². The summed E-state index contributed by atoms with van der Waals surface area (Å²) in [6.45, 7) is 0. The van der Waals surface area contributed by atoms with Crippen molar-refractivity contribution in [1.29, 1.82) is 0 Å². The molecule has 0 rings (SSSR count). The summed E-state index contributed by atoms with van der Waals surface area (Å²) in [5.41, 5.74) is 0. The summed E-state index contributed by atoms with van der Waals surface area (Å²) in [5, 5.41) is 25.9. The predicted octanol–water partition coefficient (Wildman–Crippen LogP) is -2.64. The topological polar surface area (TPSA) is 98.0 Å². The number of carboxylic acid groups (broad SMARTS) is 2. The molecule has 6 heteroatoms. The number of hydrogen-bond donors (Lipinski definition) is 4. The van der Waals surface area contributed by atoms with E-state index in [1.807, 2.05) is 0 Å². The SMILES string of the molecule is O=C(O)O.OO.[H-].[Na+]. The Balaban J connectivity index is -0.0000000183. The van der Waals surface area contributed by atoms with Crippen LogP contribution in [0.3, 0.4) is 0 Å². The number of carbonyl (C=O) groups is 1. The van der Waals surface area contributed by atoms with Crippen LogP contribution in [-0.4, -0.2) is 26.9 Å². The van der Waals surface area contributed by atoms with Gasteiger partial charge in [-0.15, -0.1) is 0 Å². The third-order valence-electron chi connectivity index (χ3n) is 0.